The van der Waals surface area contributed by atoms with Crippen LogP contribution in [0.2, 0.25) is 0 Å². The lowest BCUT2D eigenvalue weighted by molar-refractivity contribution is -0.214. The second kappa shape index (κ2) is 9.30. The fraction of sp³-hybridized carbons (Fsp3) is 0.611. The van der Waals surface area contributed by atoms with Gasteiger partial charge in [0.25, 0.3) is 0 Å². The van der Waals surface area contributed by atoms with Gasteiger partial charge in [-0.1, -0.05) is 28.1 Å². The van der Waals surface area contributed by atoms with Crippen molar-refractivity contribution in [2.45, 2.75) is 56.9 Å². The minimum atomic E-state index is -3.77. The Morgan fingerprint density at radius 2 is 1.96 bits per heavy atom. The van der Waals surface area contributed by atoms with E-state index in [9.17, 15) is 13.2 Å². The van der Waals surface area contributed by atoms with E-state index in [0.717, 1.165) is 23.6 Å². The molecule has 0 bridgehead atoms. The van der Waals surface area contributed by atoms with E-state index in [-0.39, 0.29) is 12.7 Å². The predicted octanol–water partition coefficient (Wildman–Crippen LogP) is 3.40. The smallest absolute Gasteiger partial charge is 0.327 e. The first-order valence-electron chi connectivity index (χ1n) is 8.64. The minimum absolute atomic E-state index is 0.0265. The third-order valence-corrected chi connectivity index (χ3v) is 6.08. The molecule has 1 fully saturated rings. The highest BCUT2D eigenvalue weighted by Gasteiger charge is 2.42. The molecule has 0 aliphatic carbocycles. The summed E-state index contributed by atoms with van der Waals surface area (Å²) in [5, 5.41) is -1.45. The van der Waals surface area contributed by atoms with Crippen LogP contribution in [0.3, 0.4) is 0 Å². The quantitative estimate of drug-likeness (QED) is 0.594. The molecule has 1 aromatic carbocycles. The van der Waals surface area contributed by atoms with Gasteiger partial charge in [-0.2, -0.15) is 0 Å². The summed E-state index contributed by atoms with van der Waals surface area (Å²) in [5.41, 5.74) is 0.582. The van der Waals surface area contributed by atoms with Gasteiger partial charge in [-0.15, -0.1) is 0 Å². The van der Waals surface area contributed by atoms with Crippen molar-refractivity contribution in [3.05, 3.63) is 34.3 Å². The Kier molecular flexibility index (Phi) is 7.63. The van der Waals surface area contributed by atoms with Crippen molar-refractivity contribution in [2.75, 3.05) is 12.9 Å². The van der Waals surface area contributed by atoms with E-state index in [4.69, 9.17) is 14.2 Å². The number of halogens is 1. The summed E-state index contributed by atoms with van der Waals surface area (Å²) in [4.78, 5) is 12.4. The van der Waals surface area contributed by atoms with E-state index in [1.54, 1.807) is 31.2 Å². The molecule has 6 nitrogen and oxygen atoms in total. The summed E-state index contributed by atoms with van der Waals surface area (Å²) >= 11 is 3.36. The van der Waals surface area contributed by atoms with E-state index in [1.165, 1.54) is 0 Å². The first-order chi connectivity index (χ1) is 12.2. The Hall–Kier alpha value is -0.960. The molecule has 0 amide bonds. The normalized spacial score (nSPS) is 23.2. The van der Waals surface area contributed by atoms with Crippen LogP contribution in [0.1, 0.15) is 44.8 Å². The van der Waals surface area contributed by atoms with Gasteiger partial charge in [0.1, 0.15) is 6.10 Å². The molecular weight excluding hydrogens is 424 g/mol. The van der Waals surface area contributed by atoms with Crippen LogP contribution in [-0.4, -0.2) is 44.9 Å². The van der Waals surface area contributed by atoms with Gasteiger partial charge in [0.2, 0.25) is 0 Å². The Morgan fingerprint density at radius 3 is 2.50 bits per heavy atom. The maximum Gasteiger partial charge on any atom is 0.327 e. The van der Waals surface area contributed by atoms with Crippen molar-refractivity contribution >= 4 is 31.7 Å². The Balaban J connectivity index is 2.39. The van der Waals surface area contributed by atoms with E-state index >= 15 is 0 Å². The molecule has 0 radical (unpaired) electrons. The van der Waals surface area contributed by atoms with E-state index < -0.39 is 33.5 Å². The van der Waals surface area contributed by atoms with Crippen LogP contribution in [-0.2, 0) is 28.8 Å². The molecule has 0 N–H and O–H groups in total. The van der Waals surface area contributed by atoms with E-state index in [0.29, 0.717) is 12.0 Å². The number of ether oxygens (including phenoxy) is 3. The van der Waals surface area contributed by atoms with Crippen LogP contribution in [0.4, 0.5) is 0 Å². The van der Waals surface area contributed by atoms with Gasteiger partial charge >= 0.3 is 5.97 Å². The molecule has 0 saturated carbocycles. The van der Waals surface area contributed by atoms with Crippen LogP contribution in [0.5, 0.6) is 0 Å². The van der Waals surface area contributed by atoms with Gasteiger partial charge in [-0.25, -0.2) is 8.42 Å². The summed E-state index contributed by atoms with van der Waals surface area (Å²) in [6.45, 7) is 3.68. The van der Waals surface area contributed by atoms with Crippen molar-refractivity contribution in [1.29, 1.82) is 0 Å². The highest BCUT2D eigenvalue weighted by Crippen LogP contribution is 2.32. The Bertz CT molecular complexity index is 703. The molecule has 26 heavy (non-hydrogen) atoms. The molecule has 1 saturated heterocycles. The van der Waals surface area contributed by atoms with Crippen LogP contribution < -0.4 is 0 Å². The minimum Gasteiger partial charge on any atom is -0.465 e. The van der Waals surface area contributed by atoms with Crippen molar-refractivity contribution in [3.63, 3.8) is 0 Å². The molecule has 0 spiro atoms. The van der Waals surface area contributed by atoms with Gasteiger partial charge in [0.05, 0.1) is 12.7 Å². The van der Waals surface area contributed by atoms with Crippen LogP contribution >= 0.6 is 15.9 Å². The average molecular weight is 449 g/mol. The lowest BCUT2D eigenvalue weighted by Gasteiger charge is -2.33. The van der Waals surface area contributed by atoms with E-state index in [2.05, 4.69) is 15.9 Å². The topological polar surface area (TPSA) is 78.9 Å². The number of hydrogen-bond acceptors (Lipinski definition) is 6. The number of hydrogen-bond donors (Lipinski definition) is 0. The molecule has 2 unspecified atom stereocenters. The first-order valence-corrected chi connectivity index (χ1v) is 11.4. The monoisotopic (exact) mass is 448 g/mol. The zero-order valence-corrected chi connectivity index (χ0v) is 17.6. The largest absolute Gasteiger partial charge is 0.465 e. The van der Waals surface area contributed by atoms with Gasteiger partial charge in [-0.05, 0) is 50.8 Å². The number of carbonyl (C=O) groups excluding carboxylic acids is 1. The highest BCUT2D eigenvalue weighted by atomic mass is 79.9. The zero-order chi connectivity index (χ0) is 19.3. The molecule has 1 aliphatic rings. The fourth-order valence-electron chi connectivity index (χ4n) is 2.96. The predicted molar refractivity (Wildman–Crippen MR) is 101 cm³/mol. The summed E-state index contributed by atoms with van der Waals surface area (Å²) in [6.07, 6.45) is 1.97. The second-order valence-corrected chi connectivity index (χ2v) is 9.50. The summed E-state index contributed by atoms with van der Waals surface area (Å²) in [5.74, 6) is -0.813. The van der Waals surface area contributed by atoms with Crippen LogP contribution in [0.25, 0.3) is 0 Å². The summed E-state index contributed by atoms with van der Waals surface area (Å²) in [6, 6.07) is 7.03. The number of rotatable bonds is 7. The van der Waals surface area contributed by atoms with Gasteiger partial charge < -0.3 is 14.2 Å². The lowest BCUT2D eigenvalue weighted by Crippen LogP contribution is -2.41. The summed E-state index contributed by atoms with van der Waals surface area (Å²) < 4.78 is 42.5. The number of carbonyl (C=O) groups is 1. The Labute approximate surface area is 163 Å². The fourth-order valence-corrected chi connectivity index (χ4v) is 4.31. The standard InChI is InChI=1S/C18H25BrO6S/c1-4-23-18(20)17(26(3,21)22)16(13-8-10-14(19)11-9-13)25-15-7-5-6-12(2)24-15/h8-12,15-17H,4-7H2,1-3H3/t12-,15?,16+,17?/m0/s1. The maximum atomic E-state index is 12.4. The molecule has 4 atom stereocenters. The summed E-state index contributed by atoms with van der Waals surface area (Å²) in [7, 11) is -3.77. The van der Waals surface area contributed by atoms with Crippen molar-refractivity contribution in [1.82, 2.24) is 0 Å². The van der Waals surface area contributed by atoms with Crippen LogP contribution in [0.15, 0.2) is 28.7 Å². The molecule has 0 aromatic heterocycles. The SMILES string of the molecule is CCOC(=O)C([C@H](OC1CCC[C@H](C)O1)c1ccc(Br)cc1)S(C)(=O)=O. The van der Waals surface area contributed by atoms with E-state index in [1.807, 2.05) is 6.92 Å². The van der Waals surface area contributed by atoms with Crippen molar-refractivity contribution in [2.24, 2.45) is 0 Å². The number of esters is 1. The van der Waals surface area contributed by atoms with Gasteiger partial charge in [0.15, 0.2) is 21.4 Å². The molecular formula is C18H25BrO6S. The zero-order valence-electron chi connectivity index (χ0n) is 15.2. The first kappa shape index (κ1) is 21.3. The Morgan fingerprint density at radius 1 is 1.31 bits per heavy atom. The molecule has 1 aliphatic heterocycles. The molecule has 1 heterocycles. The van der Waals surface area contributed by atoms with Gasteiger partial charge in [-0.3, -0.25) is 4.79 Å². The molecule has 2 rings (SSSR count). The number of sulfone groups is 1. The molecule has 1 aromatic rings. The third-order valence-electron chi connectivity index (χ3n) is 4.19. The lowest BCUT2D eigenvalue weighted by atomic mass is 10.1. The number of benzene rings is 1. The highest BCUT2D eigenvalue weighted by molar-refractivity contribution is 9.10. The average Bonchev–Trinajstić information content (AvgIpc) is 2.54. The van der Waals surface area contributed by atoms with Gasteiger partial charge in [0, 0.05) is 10.7 Å². The van der Waals surface area contributed by atoms with Crippen molar-refractivity contribution in [3.8, 4) is 0 Å². The van der Waals surface area contributed by atoms with Crippen LogP contribution in [0, 0.1) is 0 Å². The third kappa shape index (κ3) is 5.77. The molecule has 146 valence electrons. The second-order valence-electron chi connectivity index (χ2n) is 6.42. The van der Waals surface area contributed by atoms with Crippen molar-refractivity contribution < 1.29 is 27.4 Å². The maximum absolute atomic E-state index is 12.4. The molecule has 8 heteroatoms.